The van der Waals surface area contributed by atoms with Crippen LogP contribution < -0.4 is 5.73 Å². The van der Waals surface area contributed by atoms with Gasteiger partial charge in [0.25, 0.3) is 0 Å². The molecule has 2 N–H and O–H groups in total. The number of rotatable bonds is 3. The molecule has 0 amide bonds. The van der Waals surface area contributed by atoms with Crippen molar-refractivity contribution in [3.63, 3.8) is 0 Å². The van der Waals surface area contributed by atoms with Crippen LogP contribution in [0, 0.1) is 12.8 Å². The number of aromatic nitrogens is 4. The SMILES string of the molecule is Cc1cc(N)cc(-c2nnnn2CC2CCCCC2)c1. The first-order valence-corrected chi connectivity index (χ1v) is 7.36. The molecule has 0 atom stereocenters. The zero-order valence-corrected chi connectivity index (χ0v) is 11.9. The largest absolute Gasteiger partial charge is 0.399 e. The average molecular weight is 271 g/mol. The number of benzene rings is 1. The Morgan fingerprint density at radius 3 is 2.75 bits per heavy atom. The van der Waals surface area contributed by atoms with E-state index in [0.29, 0.717) is 5.92 Å². The Morgan fingerprint density at radius 2 is 2.00 bits per heavy atom. The number of nitrogens with two attached hydrogens (primary N) is 1. The maximum Gasteiger partial charge on any atom is 0.182 e. The van der Waals surface area contributed by atoms with Crippen molar-refractivity contribution in [1.29, 1.82) is 0 Å². The van der Waals surface area contributed by atoms with Crippen molar-refractivity contribution in [2.24, 2.45) is 5.92 Å². The normalized spacial score (nSPS) is 16.4. The minimum atomic E-state index is 0.702. The Labute approximate surface area is 119 Å². The summed E-state index contributed by atoms with van der Waals surface area (Å²) >= 11 is 0. The van der Waals surface area contributed by atoms with Gasteiger partial charge in [-0.1, -0.05) is 19.3 Å². The first-order chi connectivity index (χ1) is 9.72. The molecule has 1 saturated carbocycles. The van der Waals surface area contributed by atoms with Gasteiger partial charge in [-0.2, -0.15) is 0 Å². The van der Waals surface area contributed by atoms with Gasteiger partial charge >= 0.3 is 0 Å². The number of nitrogens with zero attached hydrogens (tertiary/aromatic N) is 4. The second kappa shape index (κ2) is 5.61. The van der Waals surface area contributed by atoms with Crippen molar-refractivity contribution >= 4 is 5.69 Å². The Kier molecular flexibility index (Phi) is 3.67. The molecule has 20 heavy (non-hydrogen) atoms. The van der Waals surface area contributed by atoms with Crippen molar-refractivity contribution in [2.75, 3.05) is 5.73 Å². The Bertz CT molecular complexity index is 563. The van der Waals surface area contributed by atoms with Crippen LogP contribution in [0.15, 0.2) is 18.2 Å². The van der Waals surface area contributed by atoms with Crippen LogP contribution in [0.2, 0.25) is 0 Å². The molecule has 0 saturated heterocycles. The van der Waals surface area contributed by atoms with Crippen molar-refractivity contribution in [1.82, 2.24) is 20.2 Å². The molecule has 0 bridgehead atoms. The lowest BCUT2D eigenvalue weighted by molar-refractivity contribution is 0.307. The maximum atomic E-state index is 5.92. The van der Waals surface area contributed by atoms with Gasteiger partial charge < -0.3 is 5.73 Å². The van der Waals surface area contributed by atoms with Gasteiger partial charge in [0.15, 0.2) is 5.82 Å². The zero-order valence-electron chi connectivity index (χ0n) is 11.9. The molecule has 5 heteroatoms. The van der Waals surface area contributed by atoms with Gasteiger partial charge in [0.2, 0.25) is 0 Å². The fourth-order valence-corrected chi connectivity index (χ4v) is 3.09. The summed E-state index contributed by atoms with van der Waals surface area (Å²) in [4.78, 5) is 0. The summed E-state index contributed by atoms with van der Waals surface area (Å²) in [5, 5.41) is 12.2. The maximum absolute atomic E-state index is 5.92. The lowest BCUT2D eigenvalue weighted by Crippen LogP contribution is -2.16. The highest BCUT2D eigenvalue weighted by Gasteiger charge is 2.17. The highest BCUT2D eigenvalue weighted by Crippen LogP contribution is 2.27. The molecular weight excluding hydrogens is 250 g/mol. The fourth-order valence-electron chi connectivity index (χ4n) is 3.09. The summed E-state index contributed by atoms with van der Waals surface area (Å²) in [6, 6.07) is 5.98. The number of anilines is 1. The van der Waals surface area contributed by atoms with Crippen LogP contribution in [0.25, 0.3) is 11.4 Å². The number of hydrogen-bond donors (Lipinski definition) is 1. The van der Waals surface area contributed by atoms with E-state index in [1.807, 2.05) is 23.7 Å². The molecule has 106 valence electrons. The Morgan fingerprint density at radius 1 is 1.20 bits per heavy atom. The quantitative estimate of drug-likeness (QED) is 0.871. The first kappa shape index (κ1) is 13.1. The van der Waals surface area contributed by atoms with Gasteiger partial charge in [0.05, 0.1) is 0 Å². The Hall–Kier alpha value is -1.91. The number of tetrazole rings is 1. The third-order valence-corrected chi connectivity index (χ3v) is 4.05. The van der Waals surface area contributed by atoms with E-state index in [9.17, 15) is 0 Å². The van der Waals surface area contributed by atoms with Crippen LogP contribution >= 0.6 is 0 Å². The summed E-state index contributed by atoms with van der Waals surface area (Å²) in [6.07, 6.45) is 6.61. The third-order valence-electron chi connectivity index (χ3n) is 4.05. The van der Waals surface area contributed by atoms with E-state index in [0.717, 1.165) is 29.2 Å². The molecule has 1 fully saturated rings. The number of hydrogen-bond acceptors (Lipinski definition) is 4. The van der Waals surface area contributed by atoms with Crippen LogP contribution in [0.1, 0.15) is 37.7 Å². The van der Waals surface area contributed by atoms with E-state index < -0.39 is 0 Å². The Balaban J connectivity index is 1.85. The summed E-state index contributed by atoms with van der Waals surface area (Å²) < 4.78 is 1.93. The predicted molar refractivity (Wildman–Crippen MR) is 79.0 cm³/mol. The van der Waals surface area contributed by atoms with E-state index in [-0.39, 0.29) is 0 Å². The molecule has 0 spiro atoms. The predicted octanol–water partition coefficient (Wildman–Crippen LogP) is 2.81. The summed E-state index contributed by atoms with van der Waals surface area (Å²) in [7, 11) is 0. The van der Waals surface area contributed by atoms with Crippen LogP contribution in [-0.2, 0) is 6.54 Å². The fraction of sp³-hybridized carbons (Fsp3) is 0.533. The van der Waals surface area contributed by atoms with Gasteiger partial charge in [-0.25, -0.2) is 4.68 Å². The number of aryl methyl sites for hydroxylation is 1. The zero-order chi connectivity index (χ0) is 13.9. The molecule has 0 unspecified atom stereocenters. The molecule has 1 heterocycles. The van der Waals surface area contributed by atoms with Crippen LogP contribution in [-0.4, -0.2) is 20.2 Å². The van der Waals surface area contributed by atoms with E-state index in [1.54, 1.807) is 0 Å². The van der Waals surface area contributed by atoms with Crippen molar-refractivity contribution in [3.8, 4) is 11.4 Å². The smallest absolute Gasteiger partial charge is 0.182 e. The van der Waals surface area contributed by atoms with Crippen LogP contribution in [0.3, 0.4) is 0 Å². The molecule has 0 aliphatic heterocycles. The minimum Gasteiger partial charge on any atom is -0.399 e. The topological polar surface area (TPSA) is 69.6 Å². The van der Waals surface area contributed by atoms with Gasteiger partial charge in [-0.3, -0.25) is 0 Å². The van der Waals surface area contributed by atoms with Crippen molar-refractivity contribution < 1.29 is 0 Å². The molecule has 1 aliphatic carbocycles. The van der Waals surface area contributed by atoms with Crippen LogP contribution in [0.5, 0.6) is 0 Å². The molecule has 5 nitrogen and oxygen atoms in total. The highest BCUT2D eigenvalue weighted by atomic mass is 15.5. The minimum absolute atomic E-state index is 0.702. The van der Waals surface area contributed by atoms with Gasteiger partial charge in [-0.15, -0.1) is 5.10 Å². The summed E-state index contributed by atoms with van der Waals surface area (Å²) in [5.41, 5.74) is 8.81. The monoisotopic (exact) mass is 271 g/mol. The first-order valence-electron chi connectivity index (χ1n) is 7.36. The number of nitrogen functional groups attached to an aromatic ring is 1. The molecule has 1 aromatic heterocycles. The summed E-state index contributed by atoms with van der Waals surface area (Å²) in [5.74, 6) is 1.53. The molecular formula is C15H21N5. The van der Waals surface area contributed by atoms with E-state index in [1.165, 1.54) is 32.1 Å². The van der Waals surface area contributed by atoms with Crippen LogP contribution in [0.4, 0.5) is 5.69 Å². The van der Waals surface area contributed by atoms with E-state index in [2.05, 4.69) is 21.6 Å². The summed E-state index contributed by atoms with van der Waals surface area (Å²) in [6.45, 7) is 2.95. The standard InChI is InChI=1S/C15H21N5/c1-11-7-13(9-14(16)8-11)15-17-18-19-20(15)10-12-5-3-2-4-6-12/h7-9,12H,2-6,10,16H2,1H3. The molecule has 1 aliphatic rings. The molecule has 3 rings (SSSR count). The van der Waals surface area contributed by atoms with Crippen molar-refractivity contribution in [3.05, 3.63) is 23.8 Å². The van der Waals surface area contributed by atoms with Crippen molar-refractivity contribution in [2.45, 2.75) is 45.6 Å². The molecule has 2 aromatic rings. The van der Waals surface area contributed by atoms with E-state index >= 15 is 0 Å². The second-order valence-electron chi connectivity index (χ2n) is 5.82. The molecule has 0 radical (unpaired) electrons. The van der Waals surface area contributed by atoms with E-state index in [4.69, 9.17) is 5.73 Å². The molecule has 1 aromatic carbocycles. The second-order valence-corrected chi connectivity index (χ2v) is 5.82. The lowest BCUT2D eigenvalue weighted by atomic mass is 9.89. The highest BCUT2D eigenvalue weighted by molar-refractivity contribution is 5.62. The van der Waals surface area contributed by atoms with Gasteiger partial charge in [0.1, 0.15) is 0 Å². The lowest BCUT2D eigenvalue weighted by Gasteiger charge is -2.21. The third kappa shape index (κ3) is 2.81. The average Bonchev–Trinajstić information content (AvgIpc) is 2.87. The van der Waals surface area contributed by atoms with Gasteiger partial charge in [-0.05, 0) is 59.9 Å². The van der Waals surface area contributed by atoms with Gasteiger partial charge in [0, 0.05) is 17.8 Å².